The number of ether oxygens (including phenoxy) is 2. The number of hydrogen-bond donors (Lipinski definition) is 1. The molecule has 0 spiro atoms. The third-order valence-electron chi connectivity index (χ3n) is 4.75. The van der Waals surface area contributed by atoms with Crippen molar-refractivity contribution in [3.8, 4) is 11.5 Å². The average molecular weight is 435 g/mol. The molecule has 0 bridgehead atoms. The van der Waals surface area contributed by atoms with Crippen LogP contribution in [0.5, 0.6) is 11.5 Å². The molecule has 0 aromatic heterocycles. The van der Waals surface area contributed by atoms with E-state index < -0.39 is 10.0 Å². The number of benzene rings is 2. The number of rotatable bonds is 10. The maximum absolute atomic E-state index is 13.0. The zero-order chi connectivity index (χ0) is 22.3. The van der Waals surface area contributed by atoms with Gasteiger partial charge in [-0.15, -0.1) is 0 Å². The highest BCUT2D eigenvalue weighted by atomic mass is 32.2. The zero-order valence-electron chi connectivity index (χ0n) is 18.1. The second kappa shape index (κ2) is 10.4. The van der Waals surface area contributed by atoms with Gasteiger partial charge in [-0.2, -0.15) is 4.31 Å². The lowest BCUT2D eigenvalue weighted by molar-refractivity contribution is -0.121. The fraction of sp³-hybridized carbons (Fsp3) is 0.409. The molecule has 0 saturated carbocycles. The van der Waals surface area contributed by atoms with Crippen LogP contribution in [0.2, 0.25) is 0 Å². The molecule has 1 unspecified atom stereocenters. The number of carbonyl (C=O) groups excluding carboxylic acids is 1. The van der Waals surface area contributed by atoms with Crippen molar-refractivity contribution in [2.75, 3.05) is 26.8 Å². The van der Waals surface area contributed by atoms with E-state index >= 15 is 0 Å². The van der Waals surface area contributed by atoms with Gasteiger partial charge in [0, 0.05) is 6.54 Å². The van der Waals surface area contributed by atoms with Crippen LogP contribution in [0.1, 0.15) is 37.9 Å². The molecule has 0 saturated heterocycles. The predicted octanol–water partition coefficient (Wildman–Crippen LogP) is 3.29. The standard InChI is InChI=1S/C22H30N2O5S/c1-6-24(30(26,27)20-12-13-21(29-7-2)16(3)14-20)15-22(25)23-17(4)18-8-10-19(28-5)11-9-18/h8-14,17H,6-7,15H2,1-5H3,(H,23,25). The second-order valence-corrected chi connectivity index (χ2v) is 8.79. The Morgan fingerprint density at radius 2 is 1.80 bits per heavy atom. The highest BCUT2D eigenvalue weighted by Crippen LogP contribution is 2.24. The smallest absolute Gasteiger partial charge is 0.243 e. The first-order chi connectivity index (χ1) is 14.2. The van der Waals surface area contributed by atoms with Gasteiger partial charge in [-0.25, -0.2) is 8.42 Å². The molecule has 0 aliphatic rings. The zero-order valence-corrected chi connectivity index (χ0v) is 19.0. The summed E-state index contributed by atoms with van der Waals surface area (Å²) >= 11 is 0. The number of sulfonamides is 1. The van der Waals surface area contributed by atoms with E-state index in [4.69, 9.17) is 9.47 Å². The van der Waals surface area contributed by atoms with Crippen LogP contribution in [0.4, 0.5) is 0 Å². The number of hydrogen-bond acceptors (Lipinski definition) is 5. The molecule has 0 aliphatic carbocycles. The third-order valence-corrected chi connectivity index (χ3v) is 6.67. The molecule has 0 fully saturated rings. The molecule has 7 nitrogen and oxygen atoms in total. The predicted molar refractivity (Wildman–Crippen MR) is 116 cm³/mol. The molecule has 0 radical (unpaired) electrons. The summed E-state index contributed by atoms with van der Waals surface area (Å²) in [5.74, 6) is 1.00. The molecule has 0 heterocycles. The number of methoxy groups -OCH3 is 1. The topological polar surface area (TPSA) is 84.9 Å². The molecule has 2 aromatic rings. The summed E-state index contributed by atoms with van der Waals surface area (Å²) in [5, 5.41) is 2.85. The Morgan fingerprint density at radius 1 is 1.13 bits per heavy atom. The lowest BCUT2D eigenvalue weighted by Gasteiger charge is -2.22. The highest BCUT2D eigenvalue weighted by molar-refractivity contribution is 7.89. The van der Waals surface area contributed by atoms with E-state index in [1.807, 2.05) is 38.1 Å². The Labute approximate surface area is 179 Å². The maximum atomic E-state index is 13.0. The Kier molecular flexibility index (Phi) is 8.25. The Balaban J connectivity index is 2.10. The molecule has 8 heteroatoms. The van der Waals surface area contributed by atoms with Gasteiger partial charge in [-0.1, -0.05) is 19.1 Å². The lowest BCUT2D eigenvalue weighted by atomic mass is 10.1. The van der Waals surface area contributed by atoms with Gasteiger partial charge < -0.3 is 14.8 Å². The monoisotopic (exact) mass is 434 g/mol. The molecule has 164 valence electrons. The van der Waals surface area contributed by atoms with Gasteiger partial charge in [0.05, 0.1) is 31.2 Å². The van der Waals surface area contributed by atoms with Crippen LogP contribution < -0.4 is 14.8 Å². The number of nitrogens with one attached hydrogen (secondary N) is 1. The molecular formula is C22H30N2O5S. The minimum absolute atomic E-state index is 0.140. The van der Waals surface area contributed by atoms with Gasteiger partial charge in [0.2, 0.25) is 15.9 Å². The highest BCUT2D eigenvalue weighted by Gasteiger charge is 2.26. The van der Waals surface area contributed by atoms with Crippen LogP contribution in [0.3, 0.4) is 0 Å². The fourth-order valence-corrected chi connectivity index (χ4v) is 4.53. The van der Waals surface area contributed by atoms with Crippen molar-refractivity contribution in [3.05, 3.63) is 53.6 Å². The molecule has 1 N–H and O–H groups in total. The van der Waals surface area contributed by atoms with Gasteiger partial charge in [-0.3, -0.25) is 4.79 Å². The van der Waals surface area contributed by atoms with Crippen molar-refractivity contribution in [1.82, 2.24) is 9.62 Å². The summed E-state index contributed by atoms with van der Waals surface area (Å²) in [7, 11) is -2.22. The second-order valence-electron chi connectivity index (χ2n) is 6.85. The molecule has 1 atom stereocenters. The van der Waals surface area contributed by atoms with Gasteiger partial charge in [0.25, 0.3) is 0 Å². The summed E-state index contributed by atoms with van der Waals surface area (Å²) in [6, 6.07) is 11.8. The van der Waals surface area contributed by atoms with E-state index in [1.54, 1.807) is 33.1 Å². The summed E-state index contributed by atoms with van der Waals surface area (Å²) in [5.41, 5.74) is 1.63. The molecule has 30 heavy (non-hydrogen) atoms. The van der Waals surface area contributed by atoms with Gasteiger partial charge in [0.1, 0.15) is 11.5 Å². The van der Waals surface area contributed by atoms with E-state index in [9.17, 15) is 13.2 Å². The lowest BCUT2D eigenvalue weighted by Crippen LogP contribution is -2.41. The molecular weight excluding hydrogens is 404 g/mol. The van der Waals surface area contributed by atoms with Crippen molar-refractivity contribution in [2.45, 2.75) is 38.6 Å². The number of amides is 1. The van der Waals surface area contributed by atoms with E-state index in [-0.39, 0.29) is 29.9 Å². The van der Waals surface area contributed by atoms with Crippen molar-refractivity contribution in [2.24, 2.45) is 0 Å². The van der Waals surface area contributed by atoms with E-state index in [0.29, 0.717) is 12.4 Å². The first-order valence-electron chi connectivity index (χ1n) is 9.89. The minimum atomic E-state index is -3.81. The van der Waals surface area contributed by atoms with Gasteiger partial charge in [-0.05, 0) is 62.2 Å². The number of likely N-dealkylation sites (N-methyl/N-ethyl adjacent to an activating group) is 1. The van der Waals surface area contributed by atoms with Crippen molar-refractivity contribution in [1.29, 1.82) is 0 Å². The van der Waals surface area contributed by atoms with Crippen LogP contribution in [-0.2, 0) is 14.8 Å². The fourth-order valence-electron chi connectivity index (χ4n) is 3.04. The van der Waals surface area contributed by atoms with Crippen molar-refractivity contribution in [3.63, 3.8) is 0 Å². The van der Waals surface area contributed by atoms with E-state index in [1.165, 1.54) is 6.07 Å². The normalized spacial score (nSPS) is 12.5. The van der Waals surface area contributed by atoms with Crippen LogP contribution in [-0.4, -0.2) is 45.4 Å². The number of nitrogens with zero attached hydrogens (tertiary/aromatic N) is 1. The van der Waals surface area contributed by atoms with Crippen LogP contribution >= 0.6 is 0 Å². The van der Waals surface area contributed by atoms with Gasteiger partial charge in [0.15, 0.2) is 0 Å². The summed E-state index contributed by atoms with van der Waals surface area (Å²) in [6.45, 7) is 7.64. The third kappa shape index (κ3) is 5.73. The molecule has 1 amide bonds. The maximum Gasteiger partial charge on any atom is 0.243 e. The molecule has 2 aromatic carbocycles. The molecule has 0 aliphatic heterocycles. The first kappa shape index (κ1) is 23.7. The average Bonchev–Trinajstić information content (AvgIpc) is 2.73. The summed E-state index contributed by atoms with van der Waals surface area (Å²) in [6.07, 6.45) is 0. The van der Waals surface area contributed by atoms with Crippen LogP contribution in [0, 0.1) is 6.92 Å². The number of aryl methyl sites for hydroxylation is 1. The SMILES string of the molecule is CCOc1ccc(S(=O)(=O)N(CC)CC(=O)NC(C)c2ccc(OC)cc2)cc1C. The van der Waals surface area contributed by atoms with Crippen LogP contribution in [0.25, 0.3) is 0 Å². The number of carbonyl (C=O) groups is 1. The summed E-state index contributed by atoms with van der Waals surface area (Å²) < 4.78 is 37.9. The van der Waals surface area contributed by atoms with Crippen molar-refractivity contribution >= 4 is 15.9 Å². The first-order valence-corrected chi connectivity index (χ1v) is 11.3. The Morgan fingerprint density at radius 3 is 2.33 bits per heavy atom. The van der Waals surface area contributed by atoms with E-state index in [2.05, 4.69) is 5.32 Å². The summed E-state index contributed by atoms with van der Waals surface area (Å²) in [4.78, 5) is 12.7. The van der Waals surface area contributed by atoms with Crippen molar-refractivity contribution < 1.29 is 22.7 Å². The largest absolute Gasteiger partial charge is 0.497 e. The Hall–Kier alpha value is -2.58. The molecule has 2 rings (SSSR count). The minimum Gasteiger partial charge on any atom is -0.497 e. The van der Waals surface area contributed by atoms with Gasteiger partial charge >= 0.3 is 0 Å². The van der Waals surface area contributed by atoms with Crippen LogP contribution in [0.15, 0.2) is 47.4 Å². The van der Waals surface area contributed by atoms with E-state index in [0.717, 1.165) is 21.2 Å². The Bertz CT molecular complexity index is 958. The quantitative estimate of drug-likeness (QED) is 0.620.